The summed E-state index contributed by atoms with van der Waals surface area (Å²) in [5.41, 5.74) is 1.85. The van der Waals surface area contributed by atoms with Crippen LogP contribution in [0.5, 0.6) is 5.75 Å². The number of aromatic nitrogens is 2. The molecule has 88 valence electrons. The molecule has 0 radical (unpaired) electrons. The summed E-state index contributed by atoms with van der Waals surface area (Å²) in [5.74, 6) is 1.03. The van der Waals surface area contributed by atoms with Crippen molar-refractivity contribution in [1.29, 1.82) is 0 Å². The first-order valence-electron chi connectivity index (χ1n) is 5.80. The Hall–Kier alpha value is -1.48. The summed E-state index contributed by atoms with van der Waals surface area (Å²) in [6.07, 6.45) is 3.27. The van der Waals surface area contributed by atoms with Gasteiger partial charge in [-0.05, 0) is 31.4 Å². The van der Waals surface area contributed by atoms with E-state index >= 15 is 0 Å². The van der Waals surface area contributed by atoms with E-state index in [-0.39, 0.29) is 5.75 Å². The molecule has 0 atom stereocenters. The van der Waals surface area contributed by atoms with Crippen LogP contribution >= 0.6 is 11.6 Å². The average Bonchev–Trinajstić information content (AvgIpc) is 2.68. The fourth-order valence-electron chi connectivity index (χ4n) is 2.37. The molecular weight excluding hydrogens is 236 g/mol. The van der Waals surface area contributed by atoms with Gasteiger partial charge in [0.1, 0.15) is 11.6 Å². The number of aromatic hydroxyl groups is 1. The van der Waals surface area contributed by atoms with Crippen LogP contribution in [0.4, 0.5) is 0 Å². The van der Waals surface area contributed by atoms with Crippen molar-refractivity contribution in [2.45, 2.75) is 25.8 Å². The second-order valence-corrected chi connectivity index (χ2v) is 4.66. The maximum atomic E-state index is 9.88. The van der Waals surface area contributed by atoms with Crippen LogP contribution in [-0.2, 0) is 13.0 Å². The SMILES string of the molecule is Oc1ccccc1-c1nc(Cl)c2n1CCCC2. The summed E-state index contributed by atoms with van der Waals surface area (Å²) in [7, 11) is 0. The molecule has 3 rings (SSSR count). The maximum absolute atomic E-state index is 9.88. The highest BCUT2D eigenvalue weighted by atomic mass is 35.5. The molecule has 17 heavy (non-hydrogen) atoms. The van der Waals surface area contributed by atoms with Crippen LogP contribution in [0.3, 0.4) is 0 Å². The zero-order chi connectivity index (χ0) is 11.8. The van der Waals surface area contributed by atoms with Gasteiger partial charge in [-0.1, -0.05) is 23.7 Å². The Bertz CT molecular complexity index is 563. The van der Waals surface area contributed by atoms with E-state index in [1.54, 1.807) is 12.1 Å². The van der Waals surface area contributed by atoms with E-state index in [9.17, 15) is 5.11 Å². The van der Waals surface area contributed by atoms with Gasteiger partial charge in [0.15, 0.2) is 5.15 Å². The van der Waals surface area contributed by atoms with Gasteiger partial charge in [-0.25, -0.2) is 4.98 Å². The summed E-state index contributed by atoms with van der Waals surface area (Å²) in [6.45, 7) is 0.929. The number of fused-ring (bicyclic) bond motifs is 1. The Morgan fingerprint density at radius 3 is 2.88 bits per heavy atom. The van der Waals surface area contributed by atoms with E-state index < -0.39 is 0 Å². The fraction of sp³-hybridized carbons (Fsp3) is 0.308. The van der Waals surface area contributed by atoms with Gasteiger partial charge < -0.3 is 9.67 Å². The number of hydrogen-bond acceptors (Lipinski definition) is 2. The van der Waals surface area contributed by atoms with Gasteiger partial charge in [0.2, 0.25) is 0 Å². The molecular formula is C13H13ClN2O. The van der Waals surface area contributed by atoms with Gasteiger partial charge in [0.25, 0.3) is 0 Å². The van der Waals surface area contributed by atoms with Gasteiger partial charge in [-0.15, -0.1) is 0 Å². The first kappa shape index (κ1) is 10.7. The molecule has 1 N–H and O–H groups in total. The maximum Gasteiger partial charge on any atom is 0.150 e. The third kappa shape index (κ3) is 1.71. The number of imidazole rings is 1. The molecule has 4 heteroatoms. The first-order valence-corrected chi connectivity index (χ1v) is 6.18. The van der Waals surface area contributed by atoms with Gasteiger partial charge in [-0.3, -0.25) is 0 Å². The van der Waals surface area contributed by atoms with Crippen molar-refractivity contribution >= 4 is 11.6 Å². The van der Waals surface area contributed by atoms with Crippen LogP contribution in [0.2, 0.25) is 5.15 Å². The molecule has 0 unspecified atom stereocenters. The van der Waals surface area contributed by atoms with E-state index in [0.29, 0.717) is 5.15 Å². The number of halogens is 1. The lowest BCUT2D eigenvalue weighted by molar-refractivity contribution is 0.475. The van der Waals surface area contributed by atoms with Crippen LogP contribution in [0.1, 0.15) is 18.5 Å². The minimum absolute atomic E-state index is 0.252. The topological polar surface area (TPSA) is 38.1 Å². The zero-order valence-electron chi connectivity index (χ0n) is 9.36. The summed E-state index contributed by atoms with van der Waals surface area (Å²) in [5, 5.41) is 10.5. The van der Waals surface area contributed by atoms with Crippen LogP contribution in [0.25, 0.3) is 11.4 Å². The van der Waals surface area contributed by atoms with Gasteiger partial charge in [0, 0.05) is 6.54 Å². The smallest absolute Gasteiger partial charge is 0.150 e. The third-order valence-electron chi connectivity index (χ3n) is 3.21. The van der Waals surface area contributed by atoms with E-state index in [0.717, 1.165) is 42.9 Å². The van der Waals surface area contributed by atoms with Gasteiger partial charge >= 0.3 is 0 Å². The Morgan fingerprint density at radius 2 is 2.06 bits per heavy atom. The van der Waals surface area contributed by atoms with E-state index in [2.05, 4.69) is 9.55 Å². The number of phenolic OH excluding ortho intramolecular Hbond substituents is 1. The number of hydrogen-bond donors (Lipinski definition) is 1. The predicted octanol–water partition coefficient (Wildman–Crippen LogP) is 3.25. The van der Waals surface area contributed by atoms with E-state index in [1.807, 2.05) is 12.1 Å². The summed E-state index contributed by atoms with van der Waals surface area (Å²) >= 11 is 6.15. The molecule has 0 aliphatic carbocycles. The molecule has 0 fully saturated rings. The van der Waals surface area contributed by atoms with Crippen LogP contribution in [0.15, 0.2) is 24.3 Å². The van der Waals surface area contributed by atoms with Crippen molar-refractivity contribution in [3.63, 3.8) is 0 Å². The van der Waals surface area contributed by atoms with Crippen molar-refractivity contribution in [3.8, 4) is 17.1 Å². The fourth-order valence-corrected chi connectivity index (χ4v) is 2.64. The quantitative estimate of drug-likeness (QED) is 0.841. The van der Waals surface area contributed by atoms with Crippen LogP contribution in [-0.4, -0.2) is 14.7 Å². The monoisotopic (exact) mass is 248 g/mol. The van der Waals surface area contributed by atoms with Gasteiger partial charge in [-0.2, -0.15) is 0 Å². The normalized spacial score (nSPS) is 14.6. The number of benzene rings is 1. The molecule has 0 saturated heterocycles. The highest BCUT2D eigenvalue weighted by molar-refractivity contribution is 6.30. The van der Waals surface area contributed by atoms with Crippen molar-refractivity contribution < 1.29 is 5.11 Å². The lowest BCUT2D eigenvalue weighted by Crippen LogP contribution is -2.11. The standard InChI is InChI=1S/C13H13ClN2O/c14-12-10-6-3-4-8-16(10)13(15-12)9-5-1-2-7-11(9)17/h1-2,5,7,17H,3-4,6,8H2. The largest absolute Gasteiger partial charge is 0.507 e. The minimum Gasteiger partial charge on any atom is -0.507 e. The predicted molar refractivity (Wildman–Crippen MR) is 67.3 cm³/mol. The summed E-state index contributed by atoms with van der Waals surface area (Å²) in [4.78, 5) is 4.39. The Labute approximate surface area is 105 Å². The average molecular weight is 249 g/mol. The Kier molecular flexibility index (Phi) is 2.56. The molecule has 0 amide bonds. The highest BCUT2D eigenvalue weighted by Gasteiger charge is 2.20. The molecule has 1 aliphatic heterocycles. The second-order valence-electron chi connectivity index (χ2n) is 4.30. The lowest BCUT2D eigenvalue weighted by atomic mass is 10.1. The second kappa shape index (κ2) is 4.08. The molecule has 0 spiro atoms. The molecule has 2 heterocycles. The molecule has 1 aromatic heterocycles. The number of nitrogens with zero attached hydrogens (tertiary/aromatic N) is 2. The van der Waals surface area contributed by atoms with Crippen LogP contribution < -0.4 is 0 Å². The molecule has 0 saturated carbocycles. The third-order valence-corrected chi connectivity index (χ3v) is 3.52. The van der Waals surface area contributed by atoms with Crippen molar-refractivity contribution in [3.05, 3.63) is 35.1 Å². The summed E-state index contributed by atoms with van der Waals surface area (Å²) < 4.78 is 2.13. The Morgan fingerprint density at radius 1 is 1.24 bits per heavy atom. The molecule has 1 aromatic carbocycles. The first-order chi connectivity index (χ1) is 8.27. The number of para-hydroxylation sites is 1. The number of rotatable bonds is 1. The molecule has 2 aromatic rings. The van der Waals surface area contributed by atoms with Crippen LogP contribution in [0, 0.1) is 0 Å². The van der Waals surface area contributed by atoms with Crippen molar-refractivity contribution in [2.24, 2.45) is 0 Å². The summed E-state index contributed by atoms with van der Waals surface area (Å²) in [6, 6.07) is 7.25. The minimum atomic E-state index is 0.252. The lowest BCUT2D eigenvalue weighted by Gasteiger charge is -2.16. The highest BCUT2D eigenvalue weighted by Crippen LogP contribution is 2.33. The van der Waals surface area contributed by atoms with Gasteiger partial charge in [0.05, 0.1) is 11.3 Å². The zero-order valence-corrected chi connectivity index (χ0v) is 10.1. The van der Waals surface area contributed by atoms with Crippen molar-refractivity contribution in [1.82, 2.24) is 9.55 Å². The molecule has 0 bridgehead atoms. The number of phenols is 1. The van der Waals surface area contributed by atoms with E-state index in [4.69, 9.17) is 11.6 Å². The van der Waals surface area contributed by atoms with E-state index in [1.165, 1.54) is 0 Å². The Balaban J connectivity index is 2.19. The molecule has 3 nitrogen and oxygen atoms in total. The molecule has 1 aliphatic rings. The van der Waals surface area contributed by atoms with Crippen molar-refractivity contribution in [2.75, 3.05) is 0 Å².